The van der Waals surface area contributed by atoms with Crippen molar-refractivity contribution in [1.29, 1.82) is 0 Å². The molecule has 12 heteroatoms. The molecule has 2 aromatic rings. The number of carbonyl (C=O) groups is 1. The molecular formula is C23H29F5N4O3. The van der Waals surface area contributed by atoms with Crippen LogP contribution in [0.1, 0.15) is 44.7 Å². The Balaban J connectivity index is 1.81. The SMILES string of the molecule is C[C@](CNc1ccc(OC(F)F)cc1)(OC(N)=O)[C@@H](CC1CCCC1)Cn1ccc(C(F)(F)F)n1. The van der Waals surface area contributed by atoms with E-state index in [0.717, 1.165) is 31.7 Å². The molecule has 1 fully saturated rings. The second kappa shape index (κ2) is 11.1. The zero-order valence-electron chi connectivity index (χ0n) is 19.2. The normalized spacial score (nSPS) is 17.2. The quantitative estimate of drug-likeness (QED) is 0.385. The van der Waals surface area contributed by atoms with E-state index in [9.17, 15) is 26.7 Å². The second-order valence-electron chi connectivity index (χ2n) is 8.99. The van der Waals surface area contributed by atoms with Crippen LogP contribution in [0.5, 0.6) is 5.75 Å². The zero-order valence-corrected chi connectivity index (χ0v) is 19.2. The Hall–Kier alpha value is -3.05. The van der Waals surface area contributed by atoms with Crippen LogP contribution in [-0.4, -0.2) is 34.6 Å². The summed E-state index contributed by atoms with van der Waals surface area (Å²) in [5.41, 5.74) is 3.71. The highest BCUT2D eigenvalue weighted by atomic mass is 19.4. The number of benzene rings is 1. The van der Waals surface area contributed by atoms with Gasteiger partial charge >= 0.3 is 18.9 Å². The van der Waals surface area contributed by atoms with E-state index in [4.69, 9.17) is 10.5 Å². The van der Waals surface area contributed by atoms with E-state index < -0.39 is 36.1 Å². The van der Waals surface area contributed by atoms with E-state index in [1.54, 1.807) is 6.92 Å². The Morgan fingerprint density at radius 2 is 1.86 bits per heavy atom. The summed E-state index contributed by atoms with van der Waals surface area (Å²) in [4.78, 5) is 11.8. The van der Waals surface area contributed by atoms with Gasteiger partial charge in [0.2, 0.25) is 0 Å². The van der Waals surface area contributed by atoms with Crippen molar-refractivity contribution in [2.24, 2.45) is 17.6 Å². The van der Waals surface area contributed by atoms with Gasteiger partial charge in [0.15, 0.2) is 5.69 Å². The molecule has 194 valence electrons. The molecule has 7 nitrogen and oxygen atoms in total. The standard InChI is InChI=1S/C23H29F5N4O3/c1-22(35-21(29)33,14-30-17-6-8-18(9-7-17)34-20(24)25)16(12-15-4-2-3-5-15)13-32-11-10-19(31-32)23(26,27)28/h6-11,15-16,20,30H,2-5,12-14H2,1H3,(H2,29,33)/t16-,22+/m0/s1. The van der Waals surface area contributed by atoms with Crippen LogP contribution >= 0.6 is 0 Å². The van der Waals surface area contributed by atoms with Crippen molar-refractivity contribution in [3.63, 3.8) is 0 Å². The van der Waals surface area contributed by atoms with E-state index in [0.29, 0.717) is 18.0 Å². The highest BCUT2D eigenvalue weighted by molar-refractivity contribution is 5.65. The van der Waals surface area contributed by atoms with E-state index >= 15 is 0 Å². The summed E-state index contributed by atoms with van der Waals surface area (Å²) in [5.74, 6) is -0.0905. The predicted octanol–water partition coefficient (Wildman–Crippen LogP) is 5.67. The number of hydrogen-bond acceptors (Lipinski definition) is 5. The third-order valence-electron chi connectivity index (χ3n) is 6.35. The molecule has 0 saturated heterocycles. The van der Waals surface area contributed by atoms with Gasteiger partial charge in [-0.2, -0.15) is 27.1 Å². The minimum Gasteiger partial charge on any atom is -0.441 e. The van der Waals surface area contributed by atoms with Crippen molar-refractivity contribution in [2.45, 2.75) is 64.0 Å². The van der Waals surface area contributed by atoms with Crippen molar-refractivity contribution in [3.05, 3.63) is 42.2 Å². The Morgan fingerprint density at radius 1 is 1.20 bits per heavy atom. The molecule has 1 amide bonds. The molecule has 3 rings (SSSR count). The second-order valence-corrected chi connectivity index (χ2v) is 8.99. The number of amides is 1. The lowest BCUT2D eigenvalue weighted by Crippen LogP contribution is -2.49. The molecule has 0 bridgehead atoms. The van der Waals surface area contributed by atoms with Gasteiger partial charge in [0.25, 0.3) is 0 Å². The maximum Gasteiger partial charge on any atom is 0.435 e. The fraction of sp³-hybridized carbons (Fsp3) is 0.565. The average molecular weight is 505 g/mol. The first-order valence-corrected chi connectivity index (χ1v) is 11.3. The van der Waals surface area contributed by atoms with E-state index in [-0.39, 0.29) is 18.8 Å². The van der Waals surface area contributed by atoms with Crippen LogP contribution in [0.3, 0.4) is 0 Å². The number of halogens is 5. The minimum atomic E-state index is -4.57. The summed E-state index contributed by atoms with van der Waals surface area (Å²) in [5, 5.41) is 6.77. The molecule has 1 saturated carbocycles. The lowest BCUT2D eigenvalue weighted by Gasteiger charge is -2.38. The van der Waals surface area contributed by atoms with Crippen LogP contribution in [0.15, 0.2) is 36.5 Å². The topological polar surface area (TPSA) is 91.4 Å². The number of anilines is 1. The van der Waals surface area contributed by atoms with Crippen LogP contribution in [0.2, 0.25) is 0 Å². The summed E-state index contributed by atoms with van der Waals surface area (Å²) in [6, 6.07) is 6.67. The first kappa shape index (κ1) is 26.6. The smallest absolute Gasteiger partial charge is 0.435 e. The zero-order chi connectivity index (χ0) is 25.6. The van der Waals surface area contributed by atoms with Crippen LogP contribution in [-0.2, 0) is 17.5 Å². The number of nitrogens with two attached hydrogens (primary N) is 1. The molecule has 1 aromatic heterocycles. The predicted molar refractivity (Wildman–Crippen MR) is 118 cm³/mol. The maximum atomic E-state index is 13.1. The van der Waals surface area contributed by atoms with E-state index in [1.807, 2.05) is 0 Å². The number of nitrogens with zero attached hydrogens (tertiary/aromatic N) is 2. The lowest BCUT2D eigenvalue weighted by molar-refractivity contribution is -0.141. The van der Waals surface area contributed by atoms with Crippen LogP contribution < -0.4 is 15.8 Å². The fourth-order valence-corrected chi connectivity index (χ4v) is 4.53. The summed E-state index contributed by atoms with van der Waals surface area (Å²) in [6.07, 6.45) is 0.373. The van der Waals surface area contributed by atoms with Crippen molar-refractivity contribution < 1.29 is 36.2 Å². The summed E-state index contributed by atoms with van der Waals surface area (Å²) in [7, 11) is 0. The van der Waals surface area contributed by atoms with Gasteiger partial charge in [0, 0.05) is 24.3 Å². The van der Waals surface area contributed by atoms with Gasteiger partial charge in [-0.15, -0.1) is 0 Å². The van der Waals surface area contributed by atoms with Gasteiger partial charge in [-0.1, -0.05) is 25.7 Å². The molecule has 1 heterocycles. The third kappa shape index (κ3) is 7.72. The number of carbonyl (C=O) groups excluding carboxylic acids is 1. The van der Waals surface area contributed by atoms with Gasteiger partial charge in [-0.3, -0.25) is 4.68 Å². The van der Waals surface area contributed by atoms with Crippen LogP contribution in [0.25, 0.3) is 0 Å². The van der Waals surface area contributed by atoms with Crippen molar-refractivity contribution >= 4 is 11.8 Å². The minimum absolute atomic E-state index is 0.0139. The number of primary amides is 1. The highest BCUT2D eigenvalue weighted by Crippen LogP contribution is 2.37. The number of hydrogen-bond donors (Lipinski definition) is 2. The molecule has 0 unspecified atom stereocenters. The summed E-state index contributed by atoms with van der Waals surface area (Å²) in [6.45, 7) is -1.11. The Morgan fingerprint density at radius 3 is 2.40 bits per heavy atom. The number of rotatable bonds is 11. The summed E-state index contributed by atoms with van der Waals surface area (Å²) >= 11 is 0. The molecule has 3 N–H and O–H groups in total. The first-order chi connectivity index (χ1) is 16.4. The molecule has 0 spiro atoms. The van der Waals surface area contributed by atoms with Gasteiger partial charge in [0.1, 0.15) is 11.4 Å². The van der Waals surface area contributed by atoms with Crippen LogP contribution in [0, 0.1) is 11.8 Å². The van der Waals surface area contributed by atoms with Crippen LogP contribution in [0.4, 0.5) is 32.4 Å². The molecule has 1 aromatic carbocycles. The highest BCUT2D eigenvalue weighted by Gasteiger charge is 2.40. The maximum absolute atomic E-state index is 13.1. The van der Waals surface area contributed by atoms with Gasteiger partial charge in [0.05, 0.1) is 6.54 Å². The Bertz CT molecular complexity index is 961. The van der Waals surface area contributed by atoms with E-state index in [2.05, 4.69) is 15.2 Å². The van der Waals surface area contributed by atoms with E-state index in [1.165, 1.54) is 35.1 Å². The fourth-order valence-electron chi connectivity index (χ4n) is 4.53. The largest absolute Gasteiger partial charge is 0.441 e. The molecule has 0 aliphatic heterocycles. The van der Waals surface area contributed by atoms with Gasteiger partial charge in [-0.25, -0.2) is 4.79 Å². The molecule has 1 aliphatic carbocycles. The number of aromatic nitrogens is 2. The molecular weight excluding hydrogens is 475 g/mol. The van der Waals surface area contributed by atoms with Crippen molar-refractivity contribution in [3.8, 4) is 5.75 Å². The number of nitrogens with one attached hydrogen (secondary N) is 1. The van der Waals surface area contributed by atoms with Crippen molar-refractivity contribution in [1.82, 2.24) is 9.78 Å². The van der Waals surface area contributed by atoms with Gasteiger partial charge in [-0.05, 0) is 49.6 Å². The summed E-state index contributed by atoms with van der Waals surface area (Å²) < 4.78 is 75.0. The average Bonchev–Trinajstić information content (AvgIpc) is 3.44. The Kier molecular flexibility index (Phi) is 8.44. The molecule has 0 radical (unpaired) electrons. The number of alkyl halides is 5. The van der Waals surface area contributed by atoms with Crippen molar-refractivity contribution in [2.75, 3.05) is 11.9 Å². The first-order valence-electron chi connectivity index (χ1n) is 11.3. The molecule has 2 atom stereocenters. The Labute approximate surface area is 199 Å². The molecule has 1 aliphatic rings. The monoisotopic (exact) mass is 504 g/mol. The molecule has 35 heavy (non-hydrogen) atoms. The third-order valence-corrected chi connectivity index (χ3v) is 6.35. The number of ether oxygens (including phenoxy) is 2. The van der Waals surface area contributed by atoms with Gasteiger partial charge < -0.3 is 20.5 Å². The lowest BCUT2D eigenvalue weighted by atomic mass is 9.80.